The first-order valence-corrected chi connectivity index (χ1v) is 8.36. The molecular formula is C17H23N5O3. The number of methoxy groups -OCH3 is 1. The van der Waals surface area contributed by atoms with Gasteiger partial charge in [-0.3, -0.25) is 14.2 Å². The van der Waals surface area contributed by atoms with Crippen molar-refractivity contribution in [3.05, 3.63) is 34.9 Å². The van der Waals surface area contributed by atoms with Crippen molar-refractivity contribution in [3.63, 3.8) is 0 Å². The van der Waals surface area contributed by atoms with Gasteiger partial charge in [0, 0.05) is 13.6 Å². The van der Waals surface area contributed by atoms with Crippen molar-refractivity contribution >= 4 is 11.9 Å². The second-order valence-electron chi connectivity index (χ2n) is 6.70. The summed E-state index contributed by atoms with van der Waals surface area (Å²) in [6.07, 6.45) is 0.844. The zero-order valence-electron chi connectivity index (χ0n) is 15.0. The van der Waals surface area contributed by atoms with Crippen LogP contribution in [0, 0.1) is 5.92 Å². The maximum absolute atomic E-state index is 12.9. The standard InChI is InChI=1S/C17H23N5O3/c1-11(2)7-12-8-15(20(3)18-12)16(23)21-5-6-22-13(10-21)9-14(19-22)17(24)25-4/h8-9,11H,5-7,10H2,1-4H3. The first kappa shape index (κ1) is 17.2. The van der Waals surface area contributed by atoms with Gasteiger partial charge in [-0.25, -0.2) is 4.79 Å². The zero-order chi connectivity index (χ0) is 18.1. The van der Waals surface area contributed by atoms with Crippen LogP contribution in [0.4, 0.5) is 0 Å². The Morgan fingerprint density at radius 1 is 1.24 bits per heavy atom. The van der Waals surface area contributed by atoms with Crippen LogP contribution in [0.1, 0.15) is 46.2 Å². The number of esters is 1. The highest BCUT2D eigenvalue weighted by Crippen LogP contribution is 2.18. The Balaban J connectivity index is 1.77. The van der Waals surface area contributed by atoms with Crippen molar-refractivity contribution in [1.82, 2.24) is 24.5 Å². The number of aromatic nitrogens is 4. The maximum atomic E-state index is 12.9. The molecule has 0 bridgehead atoms. The third kappa shape index (κ3) is 3.42. The summed E-state index contributed by atoms with van der Waals surface area (Å²) in [7, 11) is 3.12. The van der Waals surface area contributed by atoms with E-state index in [1.807, 2.05) is 6.07 Å². The molecule has 2 aromatic heterocycles. The minimum atomic E-state index is -0.468. The lowest BCUT2D eigenvalue weighted by Gasteiger charge is -2.27. The monoisotopic (exact) mass is 345 g/mol. The van der Waals surface area contributed by atoms with Crippen LogP contribution in [0.15, 0.2) is 12.1 Å². The van der Waals surface area contributed by atoms with E-state index < -0.39 is 5.97 Å². The minimum Gasteiger partial charge on any atom is -0.464 e. The van der Waals surface area contributed by atoms with E-state index >= 15 is 0 Å². The van der Waals surface area contributed by atoms with Crippen molar-refractivity contribution in [1.29, 1.82) is 0 Å². The van der Waals surface area contributed by atoms with Crippen molar-refractivity contribution in [3.8, 4) is 0 Å². The molecule has 0 aromatic carbocycles. The predicted octanol–water partition coefficient (Wildman–Crippen LogP) is 1.26. The zero-order valence-corrected chi connectivity index (χ0v) is 15.0. The minimum absolute atomic E-state index is 0.0583. The van der Waals surface area contributed by atoms with Crippen LogP contribution in [0.2, 0.25) is 0 Å². The first-order valence-electron chi connectivity index (χ1n) is 8.36. The van der Waals surface area contributed by atoms with Gasteiger partial charge < -0.3 is 9.64 Å². The Morgan fingerprint density at radius 3 is 2.68 bits per heavy atom. The van der Waals surface area contributed by atoms with Crippen molar-refractivity contribution in [2.24, 2.45) is 13.0 Å². The lowest BCUT2D eigenvalue weighted by Crippen LogP contribution is -2.39. The quantitative estimate of drug-likeness (QED) is 0.779. The Hall–Kier alpha value is -2.64. The predicted molar refractivity (Wildman–Crippen MR) is 90.1 cm³/mol. The third-order valence-corrected chi connectivity index (χ3v) is 4.25. The topological polar surface area (TPSA) is 82.2 Å². The summed E-state index contributed by atoms with van der Waals surface area (Å²) in [5.74, 6) is -0.0410. The molecule has 0 spiro atoms. The number of fused-ring (bicyclic) bond motifs is 1. The van der Waals surface area contributed by atoms with Gasteiger partial charge in [0.15, 0.2) is 5.69 Å². The van der Waals surface area contributed by atoms with Crippen molar-refractivity contribution in [2.45, 2.75) is 33.4 Å². The van der Waals surface area contributed by atoms with Crippen molar-refractivity contribution in [2.75, 3.05) is 13.7 Å². The molecule has 3 heterocycles. The molecule has 0 aliphatic carbocycles. The SMILES string of the molecule is COC(=O)c1cc2n(n1)CCN(C(=O)c1cc(CC(C)C)nn1C)C2. The van der Waals surface area contributed by atoms with Crippen LogP contribution in [-0.4, -0.2) is 50.0 Å². The number of hydrogen-bond donors (Lipinski definition) is 0. The molecule has 8 nitrogen and oxygen atoms in total. The molecule has 0 fully saturated rings. The summed E-state index contributed by atoms with van der Waals surface area (Å²) in [5.41, 5.74) is 2.60. The van der Waals surface area contributed by atoms with E-state index in [1.165, 1.54) is 7.11 Å². The Kier molecular flexibility index (Phi) is 4.61. The van der Waals surface area contributed by atoms with Gasteiger partial charge in [0.05, 0.1) is 31.6 Å². The van der Waals surface area contributed by atoms with Crippen LogP contribution < -0.4 is 0 Å². The van der Waals surface area contributed by atoms with Gasteiger partial charge >= 0.3 is 5.97 Å². The third-order valence-electron chi connectivity index (χ3n) is 4.25. The summed E-state index contributed by atoms with van der Waals surface area (Å²) in [4.78, 5) is 26.2. The summed E-state index contributed by atoms with van der Waals surface area (Å²) in [6, 6.07) is 3.55. The normalized spacial score (nSPS) is 13.9. The first-order chi connectivity index (χ1) is 11.9. The Labute approximate surface area is 146 Å². The largest absolute Gasteiger partial charge is 0.464 e. The van der Waals surface area contributed by atoms with Gasteiger partial charge in [-0.1, -0.05) is 13.8 Å². The number of hydrogen-bond acceptors (Lipinski definition) is 5. The number of amides is 1. The van der Waals surface area contributed by atoms with E-state index in [0.29, 0.717) is 31.2 Å². The molecular weight excluding hydrogens is 322 g/mol. The number of aryl methyl sites for hydroxylation is 1. The molecule has 25 heavy (non-hydrogen) atoms. The summed E-state index contributed by atoms with van der Waals surface area (Å²) in [6.45, 7) is 5.75. The van der Waals surface area contributed by atoms with Gasteiger partial charge in [-0.2, -0.15) is 10.2 Å². The molecule has 0 unspecified atom stereocenters. The number of carbonyl (C=O) groups is 2. The van der Waals surface area contributed by atoms with Gasteiger partial charge in [0.25, 0.3) is 5.91 Å². The van der Waals surface area contributed by atoms with Gasteiger partial charge in [-0.05, 0) is 24.5 Å². The lowest BCUT2D eigenvalue weighted by molar-refractivity contribution is 0.0590. The Morgan fingerprint density at radius 2 is 2.00 bits per heavy atom. The van der Waals surface area contributed by atoms with Crippen LogP contribution in [0.25, 0.3) is 0 Å². The highest BCUT2D eigenvalue weighted by atomic mass is 16.5. The molecule has 2 aromatic rings. The molecule has 0 saturated heterocycles. The van der Waals surface area contributed by atoms with E-state index in [9.17, 15) is 9.59 Å². The number of nitrogens with zero attached hydrogens (tertiary/aromatic N) is 5. The van der Waals surface area contributed by atoms with Crippen molar-refractivity contribution < 1.29 is 14.3 Å². The number of carbonyl (C=O) groups excluding carboxylic acids is 2. The van der Waals surface area contributed by atoms with Crippen LogP contribution in [0.3, 0.4) is 0 Å². The highest BCUT2D eigenvalue weighted by Gasteiger charge is 2.26. The molecule has 3 rings (SSSR count). The molecule has 134 valence electrons. The molecule has 8 heteroatoms. The molecule has 0 saturated carbocycles. The molecule has 1 aliphatic heterocycles. The summed E-state index contributed by atoms with van der Waals surface area (Å²) < 4.78 is 8.10. The van der Waals surface area contributed by atoms with Crippen LogP contribution in [0.5, 0.6) is 0 Å². The lowest BCUT2D eigenvalue weighted by atomic mass is 10.1. The molecule has 1 amide bonds. The Bertz CT molecular complexity index is 805. The second kappa shape index (κ2) is 6.70. The van der Waals surface area contributed by atoms with E-state index in [4.69, 9.17) is 4.74 Å². The van der Waals surface area contributed by atoms with Gasteiger partial charge in [0.2, 0.25) is 0 Å². The van der Waals surface area contributed by atoms with E-state index in [0.717, 1.165) is 17.8 Å². The average Bonchev–Trinajstić information content (AvgIpc) is 3.15. The van der Waals surface area contributed by atoms with E-state index in [-0.39, 0.29) is 11.6 Å². The van der Waals surface area contributed by atoms with Gasteiger partial charge in [-0.15, -0.1) is 0 Å². The molecule has 0 radical (unpaired) electrons. The molecule has 0 N–H and O–H groups in total. The van der Waals surface area contributed by atoms with E-state index in [1.54, 1.807) is 27.4 Å². The van der Waals surface area contributed by atoms with Gasteiger partial charge in [0.1, 0.15) is 5.69 Å². The maximum Gasteiger partial charge on any atom is 0.358 e. The van der Waals surface area contributed by atoms with Crippen LogP contribution >= 0.6 is 0 Å². The van der Waals surface area contributed by atoms with Crippen LogP contribution in [-0.2, 0) is 31.3 Å². The summed E-state index contributed by atoms with van der Waals surface area (Å²) >= 11 is 0. The fraction of sp³-hybridized carbons (Fsp3) is 0.529. The fourth-order valence-corrected chi connectivity index (χ4v) is 3.05. The highest BCUT2D eigenvalue weighted by molar-refractivity contribution is 5.93. The molecule has 1 aliphatic rings. The average molecular weight is 345 g/mol. The summed E-state index contributed by atoms with van der Waals surface area (Å²) in [5, 5.41) is 8.67. The molecule has 0 atom stereocenters. The number of ether oxygens (including phenoxy) is 1. The smallest absolute Gasteiger partial charge is 0.358 e. The second-order valence-corrected chi connectivity index (χ2v) is 6.70. The van der Waals surface area contributed by atoms with E-state index in [2.05, 4.69) is 24.0 Å². The fourth-order valence-electron chi connectivity index (χ4n) is 3.05. The number of rotatable bonds is 4.